The predicted octanol–water partition coefficient (Wildman–Crippen LogP) is 2.76. The Kier molecular flexibility index (Phi) is 3.74. The summed E-state index contributed by atoms with van der Waals surface area (Å²) in [5.41, 5.74) is 0. The van der Waals surface area contributed by atoms with Gasteiger partial charge in [-0.1, -0.05) is 62.5 Å². The molecule has 0 bridgehead atoms. The molecule has 0 aliphatic carbocycles. The summed E-state index contributed by atoms with van der Waals surface area (Å²) >= 11 is 0. The first kappa shape index (κ1) is 12.5. The zero-order chi connectivity index (χ0) is 11.5. The number of hydrogen-bond donors (Lipinski definition) is 1. The maximum absolute atomic E-state index is 9.13. The molecule has 0 fully saturated rings. The van der Waals surface area contributed by atoms with Gasteiger partial charge in [0.15, 0.2) is 0 Å². The van der Waals surface area contributed by atoms with Crippen molar-refractivity contribution >= 4 is 13.3 Å². The van der Waals surface area contributed by atoms with Crippen molar-refractivity contribution in [3.63, 3.8) is 0 Å². The minimum atomic E-state index is -1.49. The van der Waals surface area contributed by atoms with Crippen LogP contribution in [0.25, 0.3) is 0 Å². The molecule has 0 aliphatic rings. The minimum Gasteiger partial charge on any atom is -0.396 e. The highest BCUT2D eigenvalue weighted by Crippen LogP contribution is 2.39. The first-order valence-corrected chi connectivity index (χ1v) is 8.58. The molecule has 1 aromatic rings. The lowest BCUT2D eigenvalue weighted by molar-refractivity contribution is 0.269. The van der Waals surface area contributed by atoms with Crippen molar-refractivity contribution in [2.24, 2.45) is 0 Å². The summed E-state index contributed by atoms with van der Waals surface area (Å²) in [6, 6.07) is 10.7. The lowest BCUT2D eigenvalue weighted by atomic mass is 10.1. The maximum atomic E-state index is 9.13. The number of rotatable bonds is 4. The van der Waals surface area contributed by atoms with Crippen LogP contribution in [0.2, 0.25) is 18.1 Å². The zero-order valence-corrected chi connectivity index (χ0v) is 11.2. The van der Waals surface area contributed by atoms with Crippen LogP contribution in [0.3, 0.4) is 0 Å². The van der Waals surface area contributed by atoms with E-state index < -0.39 is 8.07 Å². The van der Waals surface area contributed by atoms with Gasteiger partial charge in [0.2, 0.25) is 0 Å². The Balaban J connectivity index is 3.01. The molecular formula is C13H22OSi. The third-order valence-corrected chi connectivity index (χ3v) is 9.33. The van der Waals surface area contributed by atoms with Crippen molar-refractivity contribution in [2.45, 2.75) is 38.4 Å². The molecule has 0 radical (unpaired) electrons. The van der Waals surface area contributed by atoms with Crippen LogP contribution in [-0.2, 0) is 0 Å². The van der Waals surface area contributed by atoms with E-state index in [0.717, 1.165) is 6.42 Å². The molecular weight excluding hydrogens is 200 g/mol. The van der Waals surface area contributed by atoms with Gasteiger partial charge in [-0.3, -0.25) is 0 Å². The highest BCUT2D eigenvalue weighted by Gasteiger charge is 2.39. The summed E-state index contributed by atoms with van der Waals surface area (Å²) < 4.78 is 0. The van der Waals surface area contributed by atoms with Gasteiger partial charge in [0.1, 0.15) is 0 Å². The number of aliphatic hydroxyl groups is 1. The van der Waals surface area contributed by atoms with Gasteiger partial charge in [-0.15, -0.1) is 0 Å². The standard InChI is InChI=1S/C13H22OSi/c1-13(2,10-11-14)15(3,4)12-8-6-5-7-9-12/h5-9,14H,10-11H2,1-4H3. The Morgan fingerprint density at radius 2 is 1.67 bits per heavy atom. The van der Waals surface area contributed by atoms with Crippen LogP contribution in [0.1, 0.15) is 20.3 Å². The molecule has 0 aliphatic heterocycles. The van der Waals surface area contributed by atoms with Crippen molar-refractivity contribution in [2.75, 3.05) is 6.61 Å². The number of benzene rings is 1. The lowest BCUT2D eigenvalue weighted by Crippen LogP contribution is -2.50. The van der Waals surface area contributed by atoms with Gasteiger partial charge in [-0.25, -0.2) is 0 Å². The lowest BCUT2D eigenvalue weighted by Gasteiger charge is -2.40. The summed E-state index contributed by atoms with van der Waals surface area (Å²) in [4.78, 5) is 0. The van der Waals surface area contributed by atoms with Crippen LogP contribution >= 0.6 is 0 Å². The van der Waals surface area contributed by atoms with E-state index in [2.05, 4.69) is 57.3 Å². The highest BCUT2D eigenvalue weighted by atomic mass is 28.3. The molecule has 1 aromatic carbocycles. The molecule has 0 atom stereocenters. The topological polar surface area (TPSA) is 20.2 Å². The Morgan fingerprint density at radius 1 is 1.13 bits per heavy atom. The SMILES string of the molecule is CC(C)(CCO)[Si](C)(C)c1ccccc1. The van der Waals surface area contributed by atoms with Gasteiger partial charge < -0.3 is 5.11 Å². The molecule has 0 saturated carbocycles. The van der Waals surface area contributed by atoms with Gasteiger partial charge >= 0.3 is 0 Å². The van der Waals surface area contributed by atoms with E-state index in [9.17, 15) is 0 Å². The third kappa shape index (κ3) is 2.50. The molecule has 1 N–H and O–H groups in total. The third-order valence-electron chi connectivity index (χ3n) is 3.92. The van der Waals surface area contributed by atoms with Crippen molar-refractivity contribution in [3.8, 4) is 0 Å². The van der Waals surface area contributed by atoms with E-state index in [-0.39, 0.29) is 11.6 Å². The Morgan fingerprint density at radius 3 is 2.13 bits per heavy atom. The van der Waals surface area contributed by atoms with Crippen molar-refractivity contribution < 1.29 is 5.11 Å². The summed E-state index contributed by atoms with van der Waals surface area (Å²) in [5.74, 6) is 0. The van der Waals surface area contributed by atoms with Crippen LogP contribution in [0.5, 0.6) is 0 Å². The Bertz CT molecular complexity index is 304. The van der Waals surface area contributed by atoms with Gasteiger partial charge in [0, 0.05) is 6.61 Å². The van der Waals surface area contributed by atoms with Crippen LogP contribution in [-0.4, -0.2) is 19.8 Å². The fourth-order valence-electron chi connectivity index (χ4n) is 1.84. The molecule has 2 heteroatoms. The second-order valence-electron chi connectivity index (χ2n) is 5.35. The summed E-state index contributed by atoms with van der Waals surface area (Å²) in [5, 5.41) is 10.8. The molecule has 84 valence electrons. The van der Waals surface area contributed by atoms with E-state index in [1.165, 1.54) is 5.19 Å². The van der Waals surface area contributed by atoms with Crippen LogP contribution < -0.4 is 5.19 Å². The van der Waals surface area contributed by atoms with Crippen LogP contribution in [0.4, 0.5) is 0 Å². The van der Waals surface area contributed by atoms with Gasteiger partial charge in [-0.2, -0.15) is 0 Å². The molecule has 1 nitrogen and oxygen atoms in total. The zero-order valence-electron chi connectivity index (χ0n) is 10.2. The quantitative estimate of drug-likeness (QED) is 0.777. The van der Waals surface area contributed by atoms with Crippen molar-refractivity contribution in [1.82, 2.24) is 0 Å². The summed E-state index contributed by atoms with van der Waals surface area (Å²) in [7, 11) is -1.49. The fourth-order valence-corrected chi connectivity index (χ4v) is 4.38. The fraction of sp³-hybridized carbons (Fsp3) is 0.538. The van der Waals surface area contributed by atoms with Gasteiger partial charge in [-0.05, 0) is 11.5 Å². The summed E-state index contributed by atoms with van der Waals surface area (Å²) in [6.45, 7) is 9.62. The van der Waals surface area contributed by atoms with Crippen molar-refractivity contribution in [3.05, 3.63) is 30.3 Å². The predicted molar refractivity (Wildman–Crippen MR) is 69.3 cm³/mol. The second-order valence-corrected chi connectivity index (χ2v) is 10.5. The smallest absolute Gasteiger partial charge is 0.0862 e. The Labute approximate surface area is 94.2 Å². The molecule has 0 heterocycles. The molecule has 15 heavy (non-hydrogen) atoms. The Hall–Kier alpha value is -0.603. The molecule has 0 unspecified atom stereocenters. The van der Waals surface area contributed by atoms with Crippen LogP contribution in [0, 0.1) is 0 Å². The molecule has 0 spiro atoms. The van der Waals surface area contributed by atoms with E-state index in [0.29, 0.717) is 0 Å². The highest BCUT2D eigenvalue weighted by molar-refractivity contribution is 6.92. The van der Waals surface area contributed by atoms with E-state index in [1.807, 2.05) is 0 Å². The van der Waals surface area contributed by atoms with Gasteiger partial charge in [0.05, 0.1) is 8.07 Å². The number of hydrogen-bond acceptors (Lipinski definition) is 1. The second kappa shape index (κ2) is 4.50. The normalized spacial score (nSPS) is 12.9. The van der Waals surface area contributed by atoms with E-state index in [4.69, 9.17) is 5.11 Å². The average molecular weight is 222 g/mol. The summed E-state index contributed by atoms with van der Waals surface area (Å²) in [6.07, 6.45) is 0.890. The molecule has 0 amide bonds. The molecule has 0 aromatic heterocycles. The van der Waals surface area contributed by atoms with Crippen LogP contribution in [0.15, 0.2) is 30.3 Å². The number of aliphatic hydroxyl groups excluding tert-OH is 1. The van der Waals surface area contributed by atoms with E-state index >= 15 is 0 Å². The minimum absolute atomic E-state index is 0.239. The molecule has 0 saturated heterocycles. The van der Waals surface area contributed by atoms with Gasteiger partial charge in [0.25, 0.3) is 0 Å². The first-order valence-electron chi connectivity index (χ1n) is 5.58. The van der Waals surface area contributed by atoms with E-state index in [1.54, 1.807) is 0 Å². The van der Waals surface area contributed by atoms with Crippen molar-refractivity contribution in [1.29, 1.82) is 0 Å². The monoisotopic (exact) mass is 222 g/mol. The molecule has 1 rings (SSSR count). The average Bonchev–Trinajstić information content (AvgIpc) is 2.19. The maximum Gasteiger partial charge on any atom is 0.0862 e. The largest absolute Gasteiger partial charge is 0.396 e. The first-order chi connectivity index (χ1) is 6.92.